The number of carbonyl (C=O) groups is 2. The minimum Gasteiger partial charge on any atom is -0.481 e. The molecule has 2 rings (SSSR count). The van der Waals surface area contributed by atoms with Crippen LogP contribution in [0.4, 0.5) is 0 Å². The number of carboxylic acid groups (broad SMARTS) is 1. The molecule has 0 saturated heterocycles. The van der Waals surface area contributed by atoms with Gasteiger partial charge in [0, 0.05) is 11.9 Å². The molecule has 1 amide bonds. The molecule has 0 aliphatic carbocycles. The smallest absolute Gasteiger partial charge is 0.349 e. The Morgan fingerprint density at radius 3 is 2.76 bits per heavy atom. The summed E-state index contributed by atoms with van der Waals surface area (Å²) in [6, 6.07) is 8.36. The molecular weight excluding hydrogens is 274 g/mol. The highest BCUT2D eigenvalue weighted by molar-refractivity contribution is 5.96. The van der Waals surface area contributed by atoms with Crippen LogP contribution < -0.4 is 10.9 Å². The van der Waals surface area contributed by atoms with Gasteiger partial charge in [-0.2, -0.15) is 0 Å². The number of rotatable bonds is 5. The van der Waals surface area contributed by atoms with E-state index < -0.39 is 23.4 Å². The second-order valence-electron chi connectivity index (χ2n) is 4.77. The van der Waals surface area contributed by atoms with Crippen LogP contribution in [-0.2, 0) is 4.79 Å². The fraction of sp³-hybridized carbons (Fsp3) is 0.267. The molecule has 0 aliphatic rings. The molecule has 2 N–H and O–H groups in total. The Morgan fingerprint density at radius 2 is 2.05 bits per heavy atom. The lowest BCUT2D eigenvalue weighted by Crippen LogP contribution is -2.30. The Morgan fingerprint density at radius 1 is 1.33 bits per heavy atom. The Kier molecular flexibility index (Phi) is 4.37. The largest absolute Gasteiger partial charge is 0.481 e. The van der Waals surface area contributed by atoms with Crippen molar-refractivity contribution in [3.63, 3.8) is 0 Å². The van der Waals surface area contributed by atoms with E-state index in [1.165, 1.54) is 6.07 Å². The van der Waals surface area contributed by atoms with Crippen molar-refractivity contribution < 1.29 is 19.1 Å². The number of nitrogens with one attached hydrogen (secondary N) is 1. The predicted molar refractivity (Wildman–Crippen MR) is 76.2 cm³/mol. The van der Waals surface area contributed by atoms with Crippen LogP contribution in [0.3, 0.4) is 0 Å². The third kappa shape index (κ3) is 3.47. The lowest BCUT2D eigenvalue weighted by molar-refractivity contribution is -0.141. The number of carboxylic acids is 1. The maximum Gasteiger partial charge on any atom is 0.349 e. The van der Waals surface area contributed by atoms with Crippen molar-refractivity contribution in [2.24, 2.45) is 5.92 Å². The molecule has 1 aromatic heterocycles. The van der Waals surface area contributed by atoms with E-state index in [0.29, 0.717) is 17.4 Å². The lowest BCUT2D eigenvalue weighted by atomic mass is 10.1. The van der Waals surface area contributed by atoms with E-state index in [1.54, 1.807) is 31.2 Å². The van der Waals surface area contributed by atoms with Gasteiger partial charge in [0.25, 0.3) is 5.91 Å². The van der Waals surface area contributed by atoms with Gasteiger partial charge in [-0.3, -0.25) is 9.59 Å². The highest BCUT2D eigenvalue weighted by Crippen LogP contribution is 2.12. The van der Waals surface area contributed by atoms with Crippen LogP contribution >= 0.6 is 0 Å². The third-order valence-electron chi connectivity index (χ3n) is 3.17. The lowest BCUT2D eigenvalue weighted by Gasteiger charge is -2.07. The van der Waals surface area contributed by atoms with Crippen molar-refractivity contribution in [2.45, 2.75) is 13.3 Å². The number of para-hydroxylation sites is 1. The molecule has 0 saturated carbocycles. The quantitative estimate of drug-likeness (QED) is 0.815. The van der Waals surface area contributed by atoms with Gasteiger partial charge in [0.05, 0.1) is 5.92 Å². The highest BCUT2D eigenvalue weighted by Gasteiger charge is 2.15. The molecule has 1 aromatic carbocycles. The van der Waals surface area contributed by atoms with Crippen LogP contribution in [0.5, 0.6) is 0 Å². The number of hydrogen-bond donors (Lipinski definition) is 2. The molecule has 6 nitrogen and oxygen atoms in total. The first-order valence-electron chi connectivity index (χ1n) is 6.53. The standard InChI is InChI=1S/C15H15NO5/c1-9(14(18)19)6-7-16-13(17)11-8-10-4-2-3-5-12(10)21-15(11)20/h2-5,8-9H,6-7H2,1H3,(H,16,17)(H,18,19). The van der Waals surface area contributed by atoms with Gasteiger partial charge in [0.1, 0.15) is 11.1 Å². The van der Waals surface area contributed by atoms with Crippen LogP contribution in [0.2, 0.25) is 0 Å². The van der Waals surface area contributed by atoms with Crippen molar-refractivity contribution in [3.05, 3.63) is 46.3 Å². The van der Waals surface area contributed by atoms with Gasteiger partial charge in [0.2, 0.25) is 0 Å². The van der Waals surface area contributed by atoms with E-state index in [2.05, 4.69) is 5.32 Å². The van der Waals surface area contributed by atoms with Gasteiger partial charge < -0.3 is 14.8 Å². The molecule has 1 heterocycles. The van der Waals surface area contributed by atoms with E-state index >= 15 is 0 Å². The predicted octanol–water partition coefficient (Wildman–Crippen LogP) is 1.63. The van der Waals surface area contributed by atoms with Crippen molar-refractivity contribution in [1.82, 2.24) is 5.32 Å². The number of aliphatic carboxylic acids is 1. The summed E-state index contributed by atoms with van der Waals surface area (Å²) in [6.45, 7) is 1.73. The van der Waals surface area contributed by atoms with Gasteiger partial charge in [-0.25, -0.2) is 4.79 Å². The summed E-state index contributed by atoms with van der Waals surface area (Å²) >= 11 is 0. The topological polar surface area (TPSA) is 96.6 Å². The zero-order valence-electron chi connectivity index (χ0n) is 11.5. The van der Waals surface area contributed by atoms with Crippen molar-refractivity contribution >= 4 is 22.8 Å². The van der Waals surface area contributed by atoms with Crippen molar-refractivity contribution in [2.75, 3.05) is 6.54 Å². The van der Waals surface area contributed by atoms with Gasteiger partial charge in [-0.1, -0.05) is 25.1 Å². The SMILES string of the molecule is CC(CCNC(=O)c1cc2ccccc2oc1=O)C(=O)O. The van der Waals surface area contributed by atoms with Gasteiger partial charge in [-0.15, -0.1) is 0 Å². The van der Waals surface area contributed by atoms with Crippen LogP contribution in [0, 0.1) is 5.92 Å². The van der Waals surface area contributed by atoms with E-state index in [0.717, 1.165) is 0 Å². The number of fused-ring (bicyclic) bond motifs is 1. The van der Waals surface area contributed by atoms with E-state index in [1.807, 2.05) is 0 Å². The molecule has 2 aromatic rings. The molecule has 0 spiro atoms. The molecule has 6 heteroatoms. The maximum absolute atomic E-state index is 11.9. The summed E-state index contributed by atoms with van der Waals surface area (Å²) < 4.78 is 5.07. The minimum atomic E-state index is -0.922. The van der Waals surface area contributed by atoms with Crippen molar-refractivity contribution in [3.8, 4) is 0 Å². The number of hydrogen-bond acceptors (Lipinski definition) is 4. The number of benzene rings is 1. The molecule has 1 unspecified atom stereocenters. The molecule has 21 heavy (non-hydrogen) atoms. The minimum absolute atomic E-state index is 0.0864. The molecule has 0 fully saturated rings. The average molecular weight is 289 g/mol. The zero-order valence-corrected chi connectivity index (χ0v) is 11.5. The van der Waals surface area contributed by atoms with Gasteiger partial charge in [-0.05, 0) is 18.6 Å². The van der Waals surface area contributed by atoms with Gasteiger partial charge in [0.15, 0.2) is 0 Å². The number of carbonyl (C=O) groups excluding carboxylic acids is 1. The van der Waals surface area contributed by atoms with Crippen LogP contribution in [0.15, 0.2) is 39.5 Å². The first kappa shape index (κ1) is 14.8. The molecule has 0 aliphatic heterocycles. The number of amides is 1. The summed E-state index contributed by atoms with van der Waals surface area (Å²) in [5.74, 6) is -2.04. The first-order chi connectivity index (χ1) is 9.99. The van der Waals surface area contributed by atoms with Gasteiger partial charge >= 0.3 is 11.6 Å². The normalized spacial score (nSPS) is 12.0. The second-order valence-corrected chi connectivity index (χ2v) is 4.77. The molecule has 0 bridgehead atoms. The monoisotopic (exact) mass is 289 g/mol. The third-order valence-corrected chi connectivity index (χ3v) is 3.17. The summed E-state index contributed by atoms with van der Waals surface area (Å²) in [5.41, 5.74) is -0.382. The summed E-state index contributed by atoms with van der Waals surface area (Å²) in [7, 11) is 0. The van der Waals surface area contributed by atoms with Crippen molar-refractivity contribution in [1.29, 1.82) is 0 Å². The summed E-state index contributed by atoms with van der Waals surface area (Å²) in [4.78, 5) is 34.4. The van der Waals surface area contributed by atoms with E-state index in [-0.39, 0.29) is 12.1 Å². The first-order valence-corrected chi connectivity index (χ1v) is 6.53. The molecule has 1 atom stereocenters. The van der Waals surface area contributed by atoms with Crippen LogP contribution in [0.25, 0.3) is 11.0 Å². The molecule has 0 radical (unpaired) electrons. The van der Waals surface area contributed by atoms with Crippen LogP contribution in [-0.4, -0.2) is 23.5 Å². The Bertz CT molecular complexity index is 734. The Balaban J connectivity index is 2.11. The fourth-order valence-corrected chi connectivity index (χ4v) is 1.84. The molecule has 110 valence electrons. The summed E-state index contributed by atoms with van der Waals surface area (Å²) in [6.07, 6.45) is 0.292. The Hall–Kier alpha value is -2.63. The molecular formula is C15H15NO5. The van der Waals surface area contributed by atoms with E-state index in [9.17, 15) is 14.4 Å². The Labute approximate surface area is 120 Å². The fourth-order valence-electron chi connectivity index (χ4n) is 1.84. The van der Waals surface area contributed by atoms with E-state index in [4.69, 9.17) is 9.52 Å². The van der Waals surface area contributed by atoms with Crippen LogP contribution in [0.1, 0.15) is 23.7 Å². The summed E-state index contributed by atoms with van der Waals surface area (Å²) in [5, 5.41) is 11.9. The average Bonchev–Trinajstić information content (AvgIpc) is 2.46. The zero-order chi connectivity index (χ0) is 15.4. The maximum atomic E-state index is 11.9. The highest BCUT2D eigenvalue weighted by atomic mass is 16.4. The second kappa shape index (κ2) is 6.21.